The molecule has 0 atom stereocenters. The Morgan fingerprint density at radius 2 is 1.81 bits per heavy atom. The summed E-state index contributed by atoms with van der Waals surface area (Å²) in [7, 11) is 0. The third-order valence-electron chi connectivity index (χ3n) is 4.57. The van der Waals surface area contributed by atoms with Gasteiger partial charge in [0.05, 0.1) is 0 Å². The van der Waals surface area contributed by atoms with Gasteiger partial charge in [-0.2, -0.15) is 0 Å². The molecule has 0 bridgehead atoms. The summed E-state index contributed by atoms with van der Waals surface area (Å²) in [6.07, 6.45) is 3.43. The van der Waals surface area contributed by atoms with Crippen LogP contribution in [0.2, 0.25) is 0 Å². The molecule has 0 unspecified atom stereocenters. The molecular formula is C21H25N3OS. The monoisotopic (exact) mass is 367 g/mol. The number of thiocarbonyl (C=S) groups is 1. The average molecular weight is 368 g/mol. The van der Waals surface area contributed by atoms with Gasteiger partial charge in [0.1, 0.15) is 0 Å². The number of carbonyl (C=O) groups is 1. The van der Waals surface area contributed by atoms with E-state index in [1.807, 2.05) is 35.2 Å². The molecule has 3 rings (SSSR count). The number of piperidine rings is 1. The lowest BCUT2D eigenvalue weighted by molar-refractivity contribution is 0.0724. The summed E-state index contributed by atoms with van der Waals surface area (Å²) in [6, 6.07) is 15.9. The van der Waals surface area contributed by atoms with Crippen LogP contribution in [0.1, 0.15) is 40.7 Å². The number of anilines is 1. The van der Waals surface area contributed by atoms with Crippen molar-refractivity contribution in [2.75, 3.05) is 18.4 Å². The highest BCUT2D eigenvalue weighted by atomic mass is 32.1. The van der Waals surface area contributed by atoms with Crippen LogP contribution in [0, 0.1) is 6.92 Å². The van der Waals surface area contributed by atoms with E-state index in [1.165, 1.54) is 17.5 Å². The fourth-order valence-corrected chi connectivity index (χ4v) is 3.35. The minimum atomic E-state index is 0.122. The van der Waals surface area contributed by atoms with Crippen LogP contribution in [0.3, 0.4) is 0 Å². The molecule has 1 amide bonds. The van der Waals surface area contributed by atoms with Gasteiger partial charge in [0.25, 0.3) is 5.91 Å². The van der Waals surface area contributed by atoms with Crippen molar-refractivity contribution in [2.24, 2.45) is 0 Å². The van der Waals surface area contributed by atoms with Gasteiger partial charge in [-0.25, -0.2) is 0 Å². The Kier molecular flexibility index (Phi) is 6.23. The smallest absolute Gasteiger partial charge is 0.253 e. The van der Waals surface area contributed by atoms with E-state index in [9.17, 15) is 4.79 Å². The molecular weight excluding hydrogens is 342 g/mol. The Bertz CT molecular complexity index is 767. The fraction of sp³-hybridized carbons (Fsp3) is 0.333. The number of aryl methyl sites for hydroxylation is 1. The van der Waals surface area contributed by atoms with Gasteiger partial charge in [0.2, 0.25) is 0 Å². The summed E-state index contributed by atoms with van der Waals surface area (Å²) < 4.78 is 0. The Morgan fingerprint density at radius 3 is 2.50 bits per heavy atom. The van der Waals surface area contributed by atoms with E-state index in [4.69, 9.17) is 12.2 Å². The normalized spacial score (nSPS) is 14.0. The highest BCUT2D eigenvalue weighted by Crippen LogP contribution is 2.15. The van der Waals surface area contributed by atoms with Gasteiger partial charge < -0.3 is 15.5 Å². The lowest BCUT2D eigenvalue weighted by Crippen LogP contribution is -2.35. The van der Waals surface area contributed by atoms with Crippen LogP contribution >= 0.6 is 12.2 Å². The summed E-state index contributed by atoms with van der Waals surface area (Å²) in [5, 5.41) is 6.95. The van der Waals surface area contributed by atoms with E-state index in [2.05, 4.69) is 35.8 Å². The van der Waals surface area contributed by atoms with Crippen molar-refractivity contribution < 1.29 is 4.79 Å². The molecule has 2 aromatic rings. The molecule has 0 spiro atoms. The minimum Gasteiger partial charge on any atom is -0.358 e. The molecule has 1 aliphatic rings. The molecule has 26 heavy (non-hydrogen) atoms. The predicted octanol–water partition coefficient (Wildman–Crippen LogP) is 4.11. The number of likely N-dealkylation sites (tertiary alicyclic amines) is 1. The van der Waals surface area contributed by atoms with Crippen molar-refractivity contribution >= 4 is 28.9 Å². The Morgan fingerprint density at radius 1 is 1.08 bits per heavy atom. The van der Waals surface area contributed by atoms with Gasteiger partial charge in [0, 0.05) is 30.9 Å². The molecule has 2 N–H and O–H groups in total. The maximum absolute atomic E-state index is 12.5. The second kappa shape index (κ2) is 8.81. The molecule has 0 aromatic heterocycles. The van der Waals surface area contributed by atoms with Crippen molar-refractivity contribution in [3.05, 3.63) is 65.2 Å². The number of carbonyl (C=O) groups excluding carboxylic acids is 1. The quantitative estimate of drug-likeness (QED) is 0.799. The van der Waals surface area contributed by atoms with Crippen molar-refractivity contribution in [1.82, 2.24) is 10.2 Å². The number of amides is 1. The maximum Gasteiger partial charge on any atom is 0.253 e. The van der Waals surface area contributed by atoms with Crippen LogP contribution in [-0.2, 0) is 6.54 Å². The lowest BCUT2D eigenvalue weighted by Gasteiger charge is -2.26. The van der Waals surface area contributed by atoms with E-state index >= 15 is 0 Å². The van der Waals surface area contributed by atoms with Gasteiger partial charge in [-0.1, -0.05) is 29.8 Å². The van der Waals surface area contributed by atoms with Crippen LogP contribution in [-0.4, -0.2) is 29.0 Å². The Balaban J connectivity index is 1.51. The van der Waals surface area contributed by atoms with Crippen LogP contribution in [0.5, 0.6) is 0 Å². The van der Waals surface area contributed by atoms with Gasteiger partial charge in [-0.3, -0.25) is 4.79 Å². The molecule has 5 heteroatoms. The molecule has 4 nitrogen and oxygen atoms in total. The zero-order valence-corrected chi connectivity index (χ0v) is 15.9. The molecule has 1 heterocycles. The third-order valence-corrected chi connectivity index (χ3v) is 4.81. The number of rotatable bonds is 4. The van der Waals surface area contributed by atoms with Crippen LogP contribution < -0.4 is 10.6 Å². The Labute approximate surface area is 160 Å². The van der Waals surface area contributed by atoms with Crippen molar-refractivity contribution in [2.45, 2.75) is 32.7 Å². The zero-order valence-electron chi connectivity index (χ0n) is 15.1. The fourth-order valence-electron chi connectivity index (χ4n) is 3.16. The lowest BCUT2D eigenvalue weighted by atomic mass is 10.1. The molecule has 2 aromatic carbocycles. The van der Waals surface area contributed by atoms with E-state index in [0.29, 0.717) is 11.7 Å². The SMILES string of the molecule is Cc1cccc(CNC(=S)Nc2ccc(C(=O)N3CCCCC3)cc2)c1. The van der Waals surface area contributed by atoms with Crippen LogP contribution in [0.4, 0.5) is 5.69 Å². The number of benzene rings is 2. The number of hydrogen-bond donors (Lipinski definition) is 2. The molecule has 1 aliphatic heterocycles. The first kappa shape index (κ1) is 18.4. The molecule has 0 radical (unpaired) electrons. The summed E-state index contributed by atoms with van der Waals surface area (Å²) in [5.41, 5.74) is 4.03. The summed E-state index contributed by atoms with van der Waals surface area (Å²) in [5.74, 6) is 0.122. The second-order valence-electron chi connectivity index (χ2n) is 6.73. The van der Waals surface area contributed by atoms with Gasteiger partial charge in [0.15, 0.2) is 5.11 Å². The zero-order chi connectivity index (χ0) is 18.4. The van der Waals surface area contributed by atoms with Gasteiger partial charge in [-0.15, -0.1) is 0 Å². The highest BCUT2D eigenvalue weighted by Gasteiger charge is 2.17. The number of nitrogens with one attached hydrogen (secondary N) is 2. The second-order valence-corrected chi connectivity index (χ2v) is 7.14. The van der Waals surface area contributed by atoms with Crippen molar-refractivity contribution in [3.8, 4) is 0 Å². The first-order valence-electron chi connectivity index (χ1n) is 9.11. The predicted molar refractivity (Wildman–Crippen MR) is 110 cm³/mol. The van der Waals surface area contributed by atoms with Crippen LogP contribution in [0.15, 0.2) is 48.5 Å². The minimum absolute atomic E-state index is 0.122. The van der Waals surface area contributed by atoms with Gasteiger partial charge >= 0.3 is 0 Å². The van der Waals surface area contributed by atoms with E-state index < -0.39 is 0 Å². The first-order chi connectivity index (χ1) is 12.6. The number of hydrogen-bond acceptors (Lipinski definition) is 2. The number of nitrogens with zero attached hydrogens (tertiary/aromatic N) is 1. The molecule has 0 aliphatic carbocycles. The van der Waals surface area contributed by atoms with E-state index in [0.717, 1.165) is 37.2 Å². The third kappa shape index (κ3) is 5.05. The first-order valence-corrected chi connectivity index (χ1v) is 9.52. The summed E-state index contributed by atoms with van der Waals surface area (Å²) in [6.45, 7) is 4.49. The largest absolute Gasteiger partial charge is 0.358 e. The summed E-state index contributed by atoms with van der Waals surface area (Å²) in [4.78, 5) is 14.4. The molecule has 1 fully saturated rings. The maximum atomic E-state index is 12.5. The average Bonchev–Trinajstić information content (AvgIpc) is 2.67. The van der Waals surface area contributed by atoms with E-state index in [1.54, 1.807) is 0 Å². The molecule has 0 saturated carbocycles. The van der Waals surface area contributed by atoms with Crippen LogP contribution in [0.25, 0.3) is 0 Å². The highest BCUT2D eigenvalue weighted by molar-refractivity contribution is 7.80. The standard InChI is InChI=1S/C21H25N3OS/c1-16-6-5-7-17(14-16)15-22-21(26)23-19-10-8-18(9-11-19)20(25)24-12-3-2-4-13-24/h5-11,14H,2-4,12-13,15H2,1H3,(H2,22,23,26). The molecule has 136 valence electrons. The van der Waals surface area contributed by atoms with Crippen molar-refractivity contribution in [3.63, 3.8) is 0 Å². The van der Waals surface area contributed by atoms with E-state index in [-0.39, 0.29) is 5.91 Å². The Hall–Kier alpha value is -2.40. The summed E-state index contributed by atoms with van der Waals surface area (Å²) >= 11 is 5.36. The van der Waals surface area contributed by atoms with Gasteiger partial charge in [-0.05, 0) is 68.2 Å². The topological polar surface area (TPSA) is 44.4 Å². The van der Waals surface area contributed by atoms with Crippen molar-refractivity contribution in [1.29, 1.82) is 0 Å². The molecule has 1 saturated heterocycles.